The SMILES string of the molecule is COc1ncnc2c1ccn2[C@H]1CC[C@@H](COc2ccc3cc(Cl)c(N=C(c4ccccc4)c4ccccc4)nc3c2)C1. The van der Waals surface area contributed by atoms with Gasteiger partial charge in [0.1, 0.15) is 17.7 Å². The van der Waals surface area contributed by atoms with Crippen LogP contribution in [0.25, 0.3) is 21.9 Å². The number of nitrogens with zero attached hydrogens (tertiary/aromatic N) is 5. The lowest BCUT2D eigenvalue weighted by Gasteiger charge is -2.15. The average Bonchev–Trinajstić information content (AvgIpc) is 3.71. The van der Waals surface area contributed by atoms with Gasteiger partial charge in [0.05, 0.1) is 35.4 Å². The predicted octanol–water partition coefficient (Wildman–Crippen LogP) is 8.23. The van der Waals surface area contributed by atoms with E-state index in [4.69, 9.17) is 31.1 Å². The Bertz CT molecular complexity index is 1880. The van der Waals surface area contributed by atoms with Crippen LogP contribution in [0.1, 0.15) is 36.4 Å². The minimum Gasteiger partial charge on any atom is -0.493 e. The zero-order valence-electron chi connectivity index (χ0n) is 23.7. The molecule has 3 heterocycles. The molecule has 7 rings (SSSR count). The Morgan fingerprint density at radius 2 is 1.70 bits per heavy atom. The number of halogens is 1. The summed E-state index contributed by atoms with van der Waals surface area (Å²) in [7, 11) is 1.64. The van der Waals surface area contributed by atoms with Crippen LogP contribution in [-0.4, -0.2) is 38.9 Å². The molecule has 7 nitrogen and oxygen atoms in total. The number of methoxy groups -OCH3 is 1. The molecular formula is C35H30ClN5O2. The number of benzene rings is 3. The normalized spacial score (nSPS) is 16.4. The molecule has 214 valence electrons. The average molecular weight is 588 g/mol. The summed E-state index contributed by atoms with van der Waals surface area (Å²) in [5, 5.41) is 2.38. The second-order valence-corrected chi connectivity index (χ2v) is 11.2. The fourth-order valence-electron chi connectivity index (χ4n) is 5.94. The van der Waals surface area contributed by atoms with Gasteiger partial charge in [-0.1, -0.05) is 72.3 Å². The van der Waals surface area contributed by atoms with Crippen LogP contribution in [0.3, 0.4) is 0 Å². The second kappa shape index (κ2) is 11.9. The largest absolute Gasteiger partial charge is 0.493 e. The van der Waals surface area contributed by atoms with Gasteiger partial charge in [0.15, 0.2) is 5.82 Å². The van der Waals surface area contributed by atoms with Crippen molar-refractivity contribution in [2.45, 2.75) is 25.3 Å². The molecule has 0 spiro atoms. The number of fused-ring (bicyclic) bond motifs is 2. The fourth-order valence-corrected chi connectivity index (χ4v) is 6.15. The molecule has 0 bridgehead atoms. The third-order valence-corrected chi connectivity index (χ3v) is 8.37. The fraction of sp³-hybridized carbons (Fsp3) is 0.200. The highest BCUT2D eigenvalue weighted by molar-refractivity contribution is 6.33. The van der Waals surface area contributed by atoms with Crippen molar-refractivity contribution in [1.82, 2.24) is 19.5 Å². The van der Waals surface area contributed by atoms with Crippen molar-refractivity contribution in [1.29, 1.82) is 0 Å². The molecule has 2 atom stereocenters. The molecule has 1 aliphatic carbocycles. The number of rotatable bonds is 8. The summed E-state index contributed by atoms with van der Waals surface area (Å²) in [6.07, 6.45) is 6.85. The molecule has 1 fully saturated rings. The molecular weight excluding hydrogens is 558 g/mol. The number of hydrogen-bond acceptors (Lipinski definition) is 6. The van der Waals surface area contributed by atoms with Crippen molar-refractivity contribution in [3.8, 4) is 11.6 Å². The minimum absolute atomic E-state index is 0.370. The number of pyridine rings is 1. The number of ether oxygens (including phenoxy) is 2. The number of aliphatic imine (C=N–C) groups is 1. The zero-order chi connectivity index (χ0) is 29.2. The van der Waals surface area contributed by atoms with Crippen molar-refractivity contribution >= 4 is 45.1 Å². The van der Waals surface area contributed by atoms with E-state index in [1.165, 1.54) is 0 Å². The Balaban J connectivity index is 1.10. The van der Waals surface area contributed by atoms with Crippen molar-refractivity contribution < 1.29 is 9.47 Å². The third kappa shape index (κ3) is 5.56. The monoisotopic (exact) mass is 587 g/mol. The Morgan fingerprint density at radius 3 is 2.44 bits per heavy atom. The summed E-state index contributed by atoms with van der Waals surface area (Å²) in [6.45, 7) is 0.643. The second-order valence-electron chi connectivity index (χ2n) is 10.8. The summed E-state index contributed by atoms with van der Waals surface area (Å²) in [5.41, 5.74) is 4.52. The molecule has 0 N–H and O–H groups in total. The van der Waals surface area contributed by atoms with Gasteiger partial charge in [0.25, 0.3) is 0 Å². The van der Waals surface area contributed by atoms with Crippen molar-refractivity contribution in [2.24, 2.45) is 10.9 Å². The summed E-state index contributed by atoms with van der Waals surface area (Å²) < 4.78 is 14.0. The molecule has 8 heteroatoms. The molecule has 0 saturated heterocycles. The van der Waals surface area contributed by atoms with Crippen molar-refractivity contribution in [2.75, 3.05) is 13.7 Å². The van der Waals surface area contributed by atoms with E-state index in [1.807, 2.05) is 91.0 Å². The van der Waals surface area contributed by atoms with E-state index < -0.39 is 0 Å². The first-order chi connectivity index (χ1) is 21.2. The highest BCUT2D eigenvalue weighted by atomic mass is 35.5. The van der Waals surface area contributed by atoms with Crippen LogP contribution >= 0.6 is 11.6 Å². The predicted molar refractivity (Wildman–Crippen MR) is 171 cm³/mol. The highest BCUT2D eigenvalue weighted by Crippen LogP contribution is 2.38. The van der Waals surface area contributed by atoms with E-state index in [2.05, 4.69) is 20.7 Å². The maximum Gasteiger partial charge on any atom is 0.225 e. The van der Waals surface area contributed by atoms with Crippen LogP contribution in [0.15, 0.2) is 109 Å². The van der Waals surface area contributed by atoms with Gasteiger partial charge in [0.2, 0.25) is 5.88 Å². The van der Waals surface area contributed by atoms with E-state index in [0.717, 1.165) is 63.8 Å². The first-order valence-electron chi connectivity index (χ1n) is 14.4. The number of hydrogen-bond donors (Lipinski definition) is 0. The molecule has 3 aromatic heterocycles. The van der Waals surface area contributed by atoms with Gasteiger partial charge in [-0.15, -0.1) is 0 Å². The van der Waals surface area contributed by atoms with Crippen molar-refractivity contribution in [3.05, 3.63) is 120 Å². The molecule has 0 radical (unpaired) electrons. The molecule has 1 saturated carbocycles. The molecule has 0 aliphatic heterocycles. The maximum atomic E-state index is 6.70. The molecule has 6 aromatic rings. The summed E-state index contributed by atoms with van der Waals surface area (Å²) >= 11 is 6.70. The van der Waals surface area contributed by atoms with Gasteiger partial charge in [-0.2, -0.15) is 0 Å². The van der Waals surface area contributed by atoms with Gasteiger partial charge >= 0.3 is 0 Å². The van der Waals surface area contributed by atoms with Crippen LogP contribution in [0, 0.1) is 5.92 Å². The third-order valence-electron chi connectivity index (χ3n) is 8.09. The van der Waals surface area contributed by atoms with Crippen LogP contribution in [0.2, 0.25) is 5.02 Å². The summed E-state index contributed by atoms with van der Waals surface area (Å²) in [6, 6.07) is 30.5. The lowest BCUT2D eigenvalue weighted by molar-refractivity contribution is 0.248. The van der Waals surface area contributed by atoms with Gasteiger partial charge in [-0.3, -0.25) is 0 Å². The van der Waals surface area contributed by atoms with Crippen LogP contribution in [-0.2, 0) is 0 Å². The van der Waals surface area contributed by atoms with Crippen LogP contribution in [0.4, 0.5) is 5.82 Å². The van der Waals surface area contributed by atoms with Crippen LogP contribution < -0.4 is 9.47 Å². The Kier molecular flexibility index (Phi) is 7.47. The molecule has 1 aliphatic rings. The zero-order valence-corrected chi connectivity index (χ0v) is 24.5. The van der Waals surface area contributed by atoms with Crippen LogP contribution in [0.5, 0.6) is 11.6 Å². The standard InChI is InChI=1S/C35H30ClN5O2/c1-42-35-29-16-17-41(34(29)37-22-38-35)27-14-12-23(18-27)21-43-28-15-13-26-19-30(36)33(39-31(26)20-28)40-32(24-8-4-2-5-9-24)25-10-6-3-7-11-25/h2-11,13,15-17,19-20,22-23,27H,12,14,18,21H2,1H3/t23-,27+/m1/s1. The Morgan fingerprint density at radius 1 is 0.930 bits per heavy atom. The van der Waals surface area contributed by atoms with E-state index in [1.54, 1.807) is 13.4 Å². The smallest absolute Gasteiger partial charge is 0.225 e. The first-order valence-corrected chi connectivity index (χ1v) is 14.8. The Labute approximate surface area is 254 Å². The maximum absolute atomic E-state index is 6.70. The van der Waals surface area contributed by atoms with E-state index in [0.29, 0.717) is 35.3 Å². The quantitative estimate of drug-likeness (QED) is 0.168. The van der Waals surface area contributed by atoms with Gasteiger partial charge in [-0.25, -0.2) is 19.9 Å². The summed E-state index contributed by atoms with van der Waals surface area (Å²) in [4.78, 5) is 18.6. The highest BCUT2D eigenvalue weighted by Gasteiger charge is 2.28. The van der Waals surface area contributed by atoms with Crippen molar-refractivity contribution in [3.63, 3.8) is 0 Å². The van der Waals surface area contributed by atoms with Gasteiger partial charge < -0.3 is 14.0 Å². The Hall–Kier alpha value is -4.75. The minimum atomic E-state index is 0.370. The van der Waals surface area contributed by atoms with Gasteiger partial charge in [0, 0.05) is 34.8 Å². The van der Waals surface area contributed by atoms with E-state index in [9.17, 15) is 0 Å². The molecule has 0 unspecified atom stereocenters. The molecule has 0 amide bonds. The van der Waals surface area contributed by atoms with E-state index >= 15 is 0 Å². The van der Waals surface area contributed by atoms with Gasteiger partial charge in [-0.05, 0) is 49.4 Å². The summed E-state index contributed by atoms with van der Waals surface area (Å²) in [5.74, 6) is 2.32. The molecule has 43 heavy (non-hydrogen) atoms. The lowest BCUT2D eigenvalue weighted by Crippen LogP contribution is -2.10. The molecule has 3 aromatic carbocycles. The van der Waals surface area contributed by atoms with E-state index in [-0.39, 0.29) is 0 Å². The number of aromatic nitrogens is 4. The topological polar surface area (TPSA) is 74.4 Å². The first kappa shape index (κ1) is 27.1. The lowest BCUT2D eigenvalue weighted by atomic mass is 10.0.